The summed E-state index contributed by atoms with van der Waals surface area (Å²) in [6.45, 7) is 5.61. The van der Waals surface area contributed by atoms with E-state index in [-0.39, 0.29) is 0 Å². The highest BCUT2D eigenvalue weighted by atomic mass is 32.1. The number of thiophene rings is 1. The number of carbonyl (C=O) groups excluding carboxylic acids is 1. The highest BCUT2D eigenvalue weighted by Gasteiger charge is 1.98. The summed E-state index contributed by atoms with van der Waals surface area (Å²) in [4.78, 5) is 12.4. The molecule has 0 aromatic carbocycles. The average molecular weight is 152 g/mol. The first kappa shape index (κ1) is 7.22. The number of aldehydes is 1. The molecule has 2 heteroatoms. The van der Waals surface area contributed by atoms with E-state index in [1.807, 2.05) is 19.1 Å². The van der Waals surface area contributed by atoms with Gasteiger partial charge in [-0.2, -0.15) is 0 Å². The van der Waals surface area contributed by atoms with Gasteiger partial charge in [0.15, 0.2) is 6.29 Å². The molecule has 0 aliphatic carbocycles. The summed E-state index contributed by atoms with van der Waals surface area (Å²) < 4.78 is 0. The van der Waals surface area contributed by atoms with Gasteiger partial charge in [0.25, 0.3) is 0 Å². The Morgan fingerprint density at radius 2 is 2.40 bits per heavy atom. The molecule has 1 aromatic rings. The normalized spacial score (nSPS) is 9.30. The third kappa shape index (κ3) is 1.33. The smallest absolute Gasteiger partial charge is 0.150 e. The van der Waals surface area contributed by atoms with Crippen molar-refractivity contribution >= 4 is 23.2 Å². The van der Waals surface area contributed by atoms with Gasteiger partial charge in [0.1, 0.15) is 0 Å². The molecule has 1 heterocycles. The molecule has 0 N–H and O–H groups in total. The van der Waals surface area contributed by atoms with Crippen LogP contribution >= 0.6 is 11.3 Å². The molecular weight excluding hydrogens is 144 g/mol. The van der Waals surface area contributed by atoms with Crippen LogP contribution in [-0.2, 0) is 4.79 Å². The van der Waals surface area contributed by atoms with E-state index in [4.69, 9.17) is 0 Å². The zero-order valence-corrected chi connectivity index (χ0v) is 6.57. The fourth-order valence-electron chi connectivity index (χ4n) is 0.665. The van der Waals surface area contributed by atoms with Crippen LogP contribution in [0.1, 0.15) is 9.75 Å². The minimum atomic E-state index is 0.568. The van der Waals surface area contributed by atoms with Crippen LogP contribution in [0.4, 0.5) is 0 Å². The number of hydrogen-bond donors (Lipinski definition) is 0. The number of aryl methyl sites for hydroxylation is 1. The molecule has 0 saturated heterocycles. The first-order chi connectivity index (χ1) is 4.74. The summed E-state index contributed by atoms with van der Waals surface area (Å²) in [5.41, 5.74) is 0.568. The van der Waals surface area contributed by atoms with Crippen molar-refractivity contribution in [3.63, 3.8) is 0 Å². The van der Waals surface area contributed by atoms with Crippen molar-refractivity contribution in [2.45, 2.75) is 6.92 Å². The molecule has 0 radical (unpaired) electrons. The molecular formula is C8H8OS. The summed E-state index contributed by atoms with van der Waals surface area (Å²) in [6.07, 6.45) is 0.783. The Labute approximate surface area is 64.0 Å². The maximum absolute atomic E-state index is 10.2. The molecule has 0 saturated carbocycles. The van der Waals surface area contributed by atoms with Crippen molar-refractivity contribution in [2.75, 3.05) is 0 Å². The Morgan fingerprint density at radius 3 is 2.80 bits per heavy atom. The van der Waals surface area contributed by atoms with Gasteiger partial charge in [-0.1, -0.05) is 6.58 Å². The maximum atomic E-state index is 10.2. The zero-order chi connectivity index (χ0) is 7.56. The fourth-order valence-corrected chi connectivity index (χ4v) is 1.46. The van der Waals surface area contributed by atoms with Crippen LogP contribution in [0, 0.1) is 6.92 Å². The van der Waals surface area contributed by atoms with Gasteiger partial charge in [0.05, 0.1) is 0 Å². The summed E-state index contributed by atoms with van der Waals surface area (Å²) in [5, 5.41) is 0. The van der Waals surface area contributed by atoms with E-state index >= 15 is 0 Å². The largest absolute Gasteiger partial charge is 0.298 e. The van der Waals surface area contributed by atoms with E-state index < -0.39 is 0 Å². The Bertz CT molecular complexity index is 260. The Balaban J connectivity index is 2.95. The predicted molar refractivity (Wildman–Crippen MR) is 44.2 cm³/mol. The topological polar surface area (TPSA) is 17.1 Å². The number of hydrogen-bond acceptors (Lipinski definition) is 2. The highest BCUT2D eigenvalue weighted by Crippen LogP contribution is 2.20. The number of rotatable bonds is 2. The molecule has 52 valence electrons. The molecule has 0 spiro atoms. The zero-order valence-electron chi connectivity index (χ0n) is 5.76. The van der Waals surface area contributed by atoms with Gasteiger partial charge in [0, 0.05) is 15.3 Å². The van der Waals surface area contributed by atoms with Gasteiger partial charge in [-0.05, 0) is 19.1 Å². The van der Waals surface area contributed by atoms with Crippen molar-refractivity contribution in [3.05, 3.63) is 28.5 Å². The summed E-state index contributed by atoms with van der Waals surface area (Å²) in [5.74, 6) is 0. The van der Waals surface area contributed by atoms with Gasteiger partial charge >= 0.3 is 0 Å². The van der Waals surface area contributed by atoms with Crippen LogP contribution in [0.2, 0.25) is 0 Å². The van der Waals surface area contributed by atoms with Crippen molar-refractivity contribution in [1.82, 2.24) is 0 Å². The predicted octanol–water partition coefficient (Wildman–Crippen LogP) is 2.27. The lowest BCUT2D eigenvalue weighted by Gasteiger charge is -1.86. The van der Waals surface area contributed by atoms with Crippen molar-refractivity contribution in [3.8, 4) is 0 Å². The van der Waals surface area contributed by atoms with Crippen LogP contribution in [0.25, 0.3) is 5.57 Å². The van der Waals surface area contributed by atoms with Crippen molar-refractivity contribution in [1.29, 1.82) is 0 Å². The third-order valence-corrected chi connectivity index (χ3v) is 2.28. The van der Waals surface area contributed by atoms with Crippen LogP contribution in [-0.4, -0.2) is 6.29 Å². The lowest BCUT2D eigenvalue weighted by Crippen LogP contribution is -1.74. The fraction of sp³-hybridized carbons (Fsp3) is 0.125. The van der Waals surface area contributed by atoms with Gasteiger partial charge in [-0.3, -0.25) is 4.79 Å². The molecule has 0 bridgehead atoms. The molecule has 0 aliphatic heterocycles. The molecule has 10 heavy (non-hydrogen) atoms. The first-order valence-electron chi connectivity index (χ1n) is 2.95. The van der Waals surface area contributed by atoms with E-state index in [1.165, 1.54) is 4.88 Å². The standard InChI is InChI=1S/C8H8OS/c1-6(5-9)8-4-3-7(2)10-8/h3-5H,1H2,2H3. The lowest BCUT2D eigenvalue weighted by molar-refractivity contribution is -0.103. The first-order valence-corrected chi connectivity index (χ1v) is 3.76. The molecule has 0 amide bonds. The van der Waals surface area contributed by atoms with Gasteiger partial charge in [0.2, 0.25) is 0 Å². The minimum absolute atomic E-state index is 0.568. The Hall–Kier alpha value is -0.890. The molecule has 0 aliphatic rings. The van der Waals surface area contributed by atoms with Gasteiger partial charge < -0.3 is 0 Å². The molecule has 0 atom stereocenters. The Morgan fingerprint density at radius 1 is 1.70 bits per heavy atom. The third-order valence-electron chi connectivity index (χ3n) is 1.20. The second kappa shape index (κ2) is 2.80. The number of allylic oxidation sites excluding steroid dienone is 1. The van der Waals surface area contributed by atoms with Crippen LogP contribution < -0.4 is 0 Å². The van der Waals surface area contributed by atoms with Crippen LogP contribution in [0.5, 0.6) is 0 Å². The lowest BCUT2D eigenvalue weighted by atomic mass is 10.3. The summed E-state index contributed by atoms with van der Waals surface area (Å²) >= 11 is 1.59. The monoisotopic (exact) mass is 152 g/mol. The molecule has 1 nitrogen and oxygen atoms in total. The highest BCUT2D eigenvalue weighted by molar-refractivity contribution is 7.13. The number of carbonyl (C=O) groups is 1. The molecule has 1 aromatic heterocycles. The summed E-state index contributed by atoms with van der Waals surface area (Å²) in [7, 11) is 0. The van der Waals surface area contributed by atoms with E-state index in [2.05, 4.69) is 6.58 Å². The van der Waals surface area contributed by atoms with Crippen LogP contribution in [0.3, 0.4) is 0 Å². The molecule has 0 unspecified atom stereocenters. The van der Waals surface area contributed by atoms with E-state index in [0.29, 0.717) is 5.57 Å². The van der Waals surface area contributed by atoms with Crippen molar-refractivity contribution in [2.24, 2.45) is 0 Å². The average Bonchev–Trinajstić information content (AvgIpc) is 2.34. The minimum Gasteiger partial charge on any atom is -0.298 e. The maximum Gasteiger partial charge on any atom is 0.150 e. The quantitative estimate of drug-likeness (QED) is 0.469. The van der Waals surface area contributed by atoms with Gasteiger partial charge in [-0.15, -0.1) is 11.3 Å². The van der Waals surface area contributed by atoms with Crippen molar-refractivity contribution < 1.29 is 4.79 Å². The SMILES string of the molecule is C=C(C=O)c1ccc(C)s1. The van der Waals surface area contributed by atoms with E-state index in [0.717, 1.165) is 11.2 Å². The Kier molecular flexibility index (Phi) is 2.02. The van der Waals surface area contributed by atoms with E-state index in [1.54, 1.807) is 11.3 Å². The van der Waals surface area contributed by atoms with Gasteiger partial charge in [-0.25, -0.2) is 0 Å². The second-order valence-electron chi connectivity index (χ2n) is 2.05. The van der Waals surface area contributed by atoms with Crippen LogP contribution in [0.15, 0.2) is 18.7 Å². The second-order valence-corrected chi connectivity index (χ2v) is 3.34. The molecule has 0 fully saturated rings. The summed E-state index contributed by atoms with van der Waals surface area (Å²) in [6, 6.07) is 3.89. The van der Waals surface area contributed by atoms with E-state index in [9.17, 15) is 4.79 Å². The molecule has 1 rings (SSSR count).